The number of rotatable bonds is 5. The minimum Gasteiger partial charge on any atom is -0.481 e. The molecule has 0 aliphatic carbocycles. The molecule has 0 aromatic rings. The summed E-state index contributed by atoms with van der Waals surface area (Å²) in [4.78, 5) is 24.0. The van der Waals surface area contributed by atoms with E-state index < -0.39 is 12.1 Å². The van der Waals surface area contributed by atoms with Crippen LogP contribution in [0.2, 0.25) is 0 Å². The predicted molar refractivity (Wildman–Crippen MR) is 66.4 cm³/mol. The highest BCUT2D eigenvalue weighted by atomic mass is 16.5. The van der Waals surface area contributed by atoms with Gasteiger partial charge in [0, 0.05) is 19.6 Å². The molecule has 1 aliphatic rings. The van der Waals surface area contributed by atoms with Gasteiger partial charge in [-0.1, -0.05) is 13.8 Å². The van der Waals surface area contributed by atoms with Crippen molar-refractivity contribution in [1.82, 2.24) is 10.2 Å². The van der Waals surface area contributed by atoms with Crippen molar-refractivity contribution in [3.8, 4) is 0 Å². The van der Waals surface area contributed by atoms with E-state index >= 15 is 0 Å². The number of hydrogen-bond acceptors (Lipinski definition) is 3. The van der Waals surface area contributed by atoms with Gasteiger partial charge in [-0.2, -0.15) is 0 Å². The molecule has 18 heavy (non-hydrogen) atoms. The lowest BCUT2D eigenvalue weighted by Gasteiger charge is -2.32. The summed E-state index contributed by atoms with van der Waals surface area (Å²) in [5, 5.41) is 11.5. The summed E-state index contributed by atoms with van der Waals surface area (Å²) in [6.45, 7) is 6.12. The number of ether oxygens (including phenoxy) is 1. The van der Waals surface area contributed by atoms with Crippen molar-refractivity contribution in [3.63, 3.8) is 0 Å². The normalized spacial score (nSPS) is 19.9. The molecule has 1 fully saturated rings. The van der Waals surface area contributed by atoms with Crippen LogP contribution >= 0.6 is 0 Å². The number of carboxylic acids is 1. The first-order valence-corrected chi connectivity index (χ1v) is 6.35. The molecule has 0 radical (unpaired) electrons. The Hall–Kier alpha value is -1.30. The van der Waals surface area contributed by atoms with Crippen molar-refractivity contribution < 1.29 is 19.4 Å². The van der Waals surface area contributed by atoms with E-state index in [9.17, 15) is 9.59 Å². The van der Waals surface area contributed by atoms with Gasteiger partial charge in [0.05, 0.1) is 19.1 Å². The third-order valence-electron chi connectivity index (χ3n) is 2.83. The van der Waals surface area contributed by atoms with Crippen LogP contribution in [-0.4, -0.2) is 54.4 Å². The van der Waals surface area contributed by atoms with Gasteiger partial charge in [0.1, 0.15) is 0 Å². The quantitative estimate of drug-likeness (QED) is 0.768. The number of nitrogens with zero attached hydrogens (tertiary/aromatic N) is 1. The van der Waals surface area contributed by atoms with Crippen LogP contribution in [0, 0.1) is 5.92 Å². The first kappa shape index (κ1) is 14.8. The van der Waals surface area contributed by atoms with E-state index in [4.69, 9.17) is 9.84 Å². The Balaban J connectivity index is 2.31. The zero-order valence-corrected chi connectivity index (χ0v) is 11.0. The zero-order valence-electron chi connectivity index (χ0n) is 11.0. The van der Waals surface area contributed by atoms with Crippen LogP contribution in [0.4, 0.5) is 4.79 Å². The average Bonchev–Trinajstić information content (AvgIpc) is 2.27. The highest BCUT2D eigenvalue weighted by molar-refractivity contribution is 5.74. The van der Waals surface area contributed by atoms with Gasteiger partial charge in [0.25, 0.3) is 0 Å². The maximum atomic E-state index is 11.8. The molecule has 0 spiro atoms. The Kier molecular flexibility index (Phi) is 5.91. The van der Waals surface area contributed by atoms with E-state index in [0.29, 0.717) is 32.2 Å². The van der Waals surface area contributed by atoms with E-state index in [1.54, 1.807) is 4.90 Å². The fourth-order valence-corrected chi connectivity index (χ4v) is 1.80. The molecule has 1 aliphatic heterocycles. The second kappa shape index (κ2) is 7.20. The summed E-state index contributed by atoms with van der Waals surface area (Å²) in [6.07, 6.45) is 0.483. The van der Waals surface area contributed by atoms with E-state index in [-0.39, 0.29) is 12.5 Å². The molecule has 104 valence electrons. The number of nitrogens with one attached hydrogen (secondary N) is 1. The molecule has 2 N–H and O–H groups in total. The SMILES string of the molecule is CC(C)CCNC(=O)N1CCOC(CC(=O)O)C1. The van der Waals surface area contributed by atoms with E-state index in [2.05, 4.69) is 19.2 Å². The Morgan fingerprint density at radius 2 is 2.22 bits per heavy atom. The van der Waals surface area contributed by atoms with Gasteiger partial charge in [-0.05, 0) is 12.3 Å². The highest BCUT2D eigenvalue weighted by Crippen LogP contribution is 2.09. The van der Waals surface area contributed by atoms with E-state index in [1.165, 1.54) is 0 Å². The summed E-state index contributed by atoms with van der Waals surface area (Å²) in [5.41, 5.74) is 0. The number of carbonyl (C=O) groups is 2. The number of carbonyl (C=O) groups excluding carboxylic acids is 1. The molecule has 0 aromatic carbocycles. The minimum atomic E-state index is -0.901. The number of aliphatic carboxylic acids is 1. The van der Waals surface area contributed by atoms with Crippen LogP contribution < -0.4 is 5.32 Å². The first-order chi connectivity index (χ1) is 8.49. The molecule has 6 nitrogen and oxygen atoms in total. The lowest BCUT2D eigenvalue weighted by molar-refractivity contribution is -0.141. The second-order valence-electron chi connectivity index (χ2n) is 4.95. The van der Waals surface area contributed by atoms with Gasteiger partial charge in [0.2, 0.25) is 0 Å². The lowest BCUT2D eigenvalue weighted by Crippen LogP contribution is -2.50. The summed E-state index contributed by atoms with van der Waals surface area (Å²) in [5.74, 6) is -0.350. The lowest BCUT2D eigenvalue weighted by atomic mass is 10.1. The Bertz CT molecular complexity index is 294. The minimum absolute atomic E-state index is 0.0597. The number of amides is 2. The summed E-state index contributed by atoms with van der Waals surface area (Å²) in [7, 11) is 0. The topological polar surface area (TPSA) is 78.9 Å². The van der Waals surface area contributed by atoms with Gasteiger partial charge in [-0.25, -0.2) is 4.79 Å². The van der Waals surface area contributed by atoms with Crippen LogP contribution in [-0.2, 0) is 9.53 Å². The van der Waals surface area contributed by atoms with Crippen molar-refractivity contribution in [2.24, 2.45) is 5.92 Å². The smallest absolute Gasteiger partial charge is 0.317 e. The van der Waals surface area contributed by atoms with Crippen molar-refractivity contribution in [2.45, 2.75) is 32.8 Å². The molecular formula is C12H22N2O4. The highest BCUT2D eigenvalue weighted by Gasteiger charge is 2.25. The van der Waals surface area contributed by atoms with Crippen LogP contribution in [0.25, 0.3) is 0 Å². The zero-order chi connectivity index (χ0) is 13.5. The summed E-state index contributed by atoms with van der Waals surface area (Å²) >= 11 is 0. The fraction of sp³-hybridized carbons (Fsp3) is 0.833. The molecule has 1 unspecified atom stereocenters. The fourth-order valence-electron chi connectivity index (χ4n) is 1.80. The predicted octanol–water partition coefficient (Wildman–Crippen LogP) is 0.918. The molecule has 1 atom stereocenters. The standard InChI is InChI=1S/C12H22N2O4/c1-9(2)3-4-13-12(17)14-5-6-18-10(8-14)7-11(15)16/h9-10H,3-8H2,1-2H3,(H,13,17)(H,15,16). The monoisotopic (exact) mass is 258 g/mol. The maximum Gasteiger partial charge on any atom is 0.317 e. The van der Waals surface area contributed by atoms with Crippen LogP contribution in [0.5, 0.6) is 0 Å². The Labute approximate surface area is 107 Å². The van der Waals surface area contributed by atoms with E-state index in [0.717, 1.165) is 6.42 Å². The number of carboxylic acid groups (broad SMARTS) is 1. The van der Waals surface area contributed by atoms with E-state index in [1.807, 2.05) is 0 Å². The number of morpholine rings is 1. The molecular weight excluding hydrogens is 236 g/mol. The molecule has 1 saturated heterocycles. The third-order valence-corrected chi connectivity index (χ3v) is 2.83. The molecule has 0 saturated carbocycles. The van der Waals surface area contributed by atoms with Crippen molar-refractivity contribution in [2.75, 3.05) is 26.2 Å². The summed E-state index contributed by atoms with van der Waals surface area (Å²) < 4.78 is 5.31. The van der Waals surface area contributed by atoms with Gasteiger partial charge in [-0.15, -0.1) is 0 Å². The van der Waals surface area contributed by atoms with Crippen LogP contribution in [0.3, 0.4) is 0 Å². The van der Waals surface area contributed by atoms with Crippen molar-refractivity contribution in [3.05, 3.63) is 0 Å². The average molecular weight is 258 g/mol. The molecule has 0 bridgehead atoms. The molecule has 1 rings (SSSR count). The maximum absolute atomic E-state index is 11.8. The van der Waals surface area contributed by atoms with Gasteiger partial charge in [-0.3, -0.25) is 4.79 Å². The molecule has 2 amide bonds. The molecule has 1 heterocycles. The van der Waals surface area contributed by atoms with Crippen LogP contribution in [0.15, 0.2) is 0 Å². The van der Waals surface area contributed by atoms with Gasteiger partial charge < -0.3 is 20.1 Å². The Morgan fingerprint density at radius 3 is 2.83 bits per heavy atom. The first-order valence-electron chi connectivity index (χ1n) is 6.35. The third kappa shape index (κ3) is 5.35. The van der Waals surface area contributed by atoms with Crippen LogP contribution in [0.1, 0.15) is 26.7 Å². The van der Waals surface area contributed by atoms with Crippen molar-refractivity contribution >= 4 is 12.0 Å². The molecule has 0 aromatic heterocycles. The number of urea groups is 1. The number of hydrogen-bond donors (Lipinski definition) is 2. The molecule has 6 heteroatoms. The van der Waals surface area contributed by atoms with Gasteiger partial charge >= 0.3 is 12.0 Å². The second-order valence-corrected chi connectivity index (χ2v) is 4.95. The Morgan fingerprint density at radius 1 is 1.50 bits per heavy atom. The summed E-state index contributed by atoms with van der Waals surface area (Å²) in [6, 6.07) is -0.130. The van der Waals surface area contributed by atoms with Gasteiger partial charge in [0.15, 0.2) is 0 Å². The van der Waals surface area contributed by atoms with Crippen molar-refractivity contribution in [1.29, 1.82) is 0 Å². The largest absolute Gasteiger partial charge is 0.481 e.